The van der Waals surface area contributed by atoms with Crippen LogP contribution in [0.15, 0.2) is 41.0 Å². The zero-order chi connectivity index (χ0) is 15.4. The van der Waals surface area contributed by atoms with E-state index in [0.29, 0.717) is 11.3 Å². The van der Waals surface area contributed by atoms with Crippen LogP contribution in [-0.4, -0.2) is 24.0 Å². The van der Waals surface area contributed by atoms with Crippen LogP contribution in [-0.2, 0) is 4.74 Å². The van der Waals surface area contributed by atoms with Gasteiger partial charge in [-0.05, 0) is 36.8 Å². The summed E-state index contributed by atoms with van der Waals surface area (Å²) < 4.78 is 5.48. The van der Waals surface area contributed by atoms with Crippen molar-refractivity contribution in [2.45, 2.75) is 6.92 Å². The fraction of sp³-hybridized carbons (Fsp3) is 0.133. The van der Waals surface area contributed by atoms with Crippen LogP contribution in [0.1, 0.15) is 26.4 Å². The number of esters is 1. The number of nitrogens with zero attached hydrogens (tertiary/aromatic N) is 1. The van der Waals surface area contributed by atoms with E-state index >= 15 is 0 Å². The van der Waals surface area contributed by atoms with Gasteiger partial charge >= 0.3 is 5.97 Å². The molecule has 1 aromatic heterocycles. The Labute approximate surface area is 130 Å². The summed E-state index contributed by atoms with van der Waals surface area (Å²) in [7, 11) is 1.29. The predicted octanol–water partition coefficient (Wildman–Crippen LogP) is 3.19. The molecule has 108 valence electrons. The van der Waals surface area contributed by atoms with Gasteiger partial charge < -0.3 is 10.1 Å². The van der Waals surface area contributed by atoms with E-state index in [1.165, 1.54) is 25.4 Å². The Hall–Kier alpha value is -2.21. The minimum atomic E-state index is -0.489. The van der Waals surface area contributed by atoms with Gasteiger partial charge in [0.25, 0.3) is 5.91 Å². The van der Waals surface area contributed by atoms with Gasteiger partial charge in [-0.25, -0.2) is 4.79 Å². The summed E-state index contributed by atoms with van der Waals surface area (Å²) in [4.78, 5) is 27.3. The Balaban J connectivity index is 2.13. The molecular formula is C15H13BrN2O3. The minimum absolute atomic E-state index is 0.222. The molecule has 1 amide bonds. The molecule has 1 heterocycles. The third kappa shape index (κ3) is 3.66. The molecule has 0 aliphatic carbocycles. The Bertz CT molecular complexity index is 684. The standard InChI is InChI=1S/C15H13BrN2O3/c1-9-3-5-11(7-12(9)16)18-14(19)13-6-4-10(8-17-13)15(20)21-2/h3-8H,1-2H3,(H,18,19). The van der Waals surface area contributed by atoms with Crippen LogP contribution in [0.4, 0.5) is 5.69 Å². The molecule has 0 unspecified atom stereocenters. The number of ether oxygens (including phenoxy) is 1. The van der Waals surface area contributed by atoms with Gasteiger partial charge in [-0.1, -0.05) is 22.0 Å². The summed E-state index contributed by atoms with van der Waals surface area (Å²) in [5, 5.41) is 2.74. The number of amides is 1. The molecule has 0 radical (unpaired) electrons. The number of rotatable bonds is 3. The average molecular weight is 349 g/mol. The van der Waals surface area contributed by atoms with Crippen molar-refractivity contribution in [2.75, 3.05) is 12.4 Å². The Morgan fingerprint density at radius 2 is 2.00 bits per heavy atom. The number of pyridine rings is 1. The van der Waals surface area contributed by atoms with Gasteiger partial charge in [0.1, 0.15) is 5.69 Å². The molecule has 2 rings (SSSR count). The summed E-state index contributed by atoms with van der Waals surface area (Å²) in [6, 6.07) is 8.49. The van der Waals surface area contributed by atoms with Crippen LogP contribution in [0.5, 0.6) is 0 Å². The maximum absolute atomic E-state index is 12.1. The highest BCUT2D eigenvalue weighted by molar-refractivity contribution is 9.10. The second-order valence-corrected chi connectivity index (χ2v) is 5.20. The molecule has 0 spiro atoms. The number of anilines is 1. The lowest BCUT2D eigenvalue weighted by atomic mass is 10.2. The first-order chi connectivity index (χ1) is 10.0. The van der Waals surface area contributed by atoms with Gasteiger partial charge in [-0.3, -0.25) is 9.78 Å². The highest BCUT2D eigenvalue weighted by Gasteiger charge is 2.11. The zero-order valence-electron chi connectivity index (χ0n) is 11.5. The molecule has 0 saturated heterocycles. The maximum atomic E-state index is 12.1. The van der Waals surface area contributed by atoms with Crippen LogP contribution >= 0.6 is 15.9 Å². The van der Waals surface area contributed by atoms with Gasteiger partial charge in [-0.2, -0.15) is 0 Å². The monoisotopic (exact) mass is 348 g/mol. The fourth-order valence-electron chi connectivity index (χ4n) is 1.63. The molecule has 6 heteroatoms. The van der Waals surface area contributed by atoms with Crippen LogP contribution in [0.3, 0.4) is 0 Å². The molecule has 5 nitrogen and oxygen atoms in total. The molecule has 0 aliphatic rings. The molecule has 21 heavy (non-hydrogen) atoms. The Morgan fingerprint density at radius 3 is 2.57 bits per heavy atom. The van der Waals surface area contributed by atoms with Crippen molar-refractivity contribution in [3.8, 4) is 0 Å². The van der Waals surface area contributed by atoms with E-state index in [1.807, 2.05) is 19.1 Å². The van der Waals surface area contributed by atoms with Gasteiger partial charge in [0.05, 0.1) is 12.7 Å². The van der Waals surface area contributed by atoms with Crippen molar-refractivity contribution in [3.05, 3.63) is 57.8 Å². The summed E-state index contributed by atoms with van der Waals surface area (Å²) >= 11 is 3.41. The third-order valence-electron chi connectivity index (χ3n) is 2.85. The lowest BCUT2D eigenvalue weighted by Crippen LogP contribution is -2.14. The fourth-order valence-corrected chi connectivity index (χ4v) is 2.01. The van der Waals surface area contributed by atoms with Crippen LogP contribution in [0.25, 0.3) is 0 Å². The number of benzene rings is 1. The zero-order valence-corrected chi connectivity index (χ0v) is 13.1. The Kier molecular flexibility index (Phi) is 4.70. The van der Waals surface area contributed by atoms with Gasteiger partial charge in [-0.15, -0.1) is 0 Å². The Morgan fingerprint density at radius 1 is 1.24 bits per heavy atom. The largest absolute Gasteiger partial charge is 0.465 e. The lowest BCUT2D eigenvalue weighted by molar-refractivity contribution is 0.0600. The second-order valence-electron chi connectivity index (χ2n) is 4.34. The number of hydrogen-bond acceptors (Lipinski definition) is 4. The van der Waals surface area contributed by atoms with Crippen LogP contribution in [0, 0.1) is 6.92 Å². The first-order valence-corrected chi connectivity index (χ1v) is 6.92. The van der Waals surface area contributed by atoms with Gasteiger partial charge in [0, 0.05) is 16.4 Å². The number of carbonyl (C=O) groups is 2. The van der Waals surface area contributed by atoms with Crippen LogP contribution < -0.4 is 5.32 Å². The van der Waals surface area contributed by atoms with Crippen molar-refractivity contribution in [3.63, 3.8) is 0 Å². The number of methoxy groups -OCH3 is 1. The topological polar surface area (TPSA) is 68.3 Å². The normalized spacial score (nSPS) is 10.0. The van der Waals surface area contributed by atoms with Crippen molar-refractivity contribution >= 4 is 33.5 Å². The van der Waals surface area contributed by atoms with Crippen LogP contribution in [0.2, 0.25) is 0 Å². The first kappa shape index (κ1) is 15.2. The van der Waals surface area contributed by atoms with E-state index in [0.717, 1.165) is 10.0 Å². The molecule has 1 aromatic carbocycles. The van der Waals surface area contributed by atoms with E-state index in [9.17, 15) is 9.59 Å². The summed E-state index contributed by atoms with van der Waals surface area (Å²) in [5.41, 5.74) is 2.26. The quantitative estimate of drug-likeness (QED) is 0.865. The van der Waals surface area contributed by atoms with E-state index in [-0.39, 0.29) is 11.6 Å². The number of aryl methyl sites for hydroxylation is 1. The van der Waals surface area contributed by atoms with E-state index in [1.54, 1.807) is 6.07 Å². The SMILES string of the molecule is COC(=O)c1ccc(C(=O)Nc2ccc(C)c(Br)c2)nc1. The smallest absolute Gasteiger partial charge is 0.339 e. The van der Waals surface area contributed by atoms with Gasteiger partial charge in [0.15, 0.2) is 0 Å². The number of hydrogen-bond donors (Lipinski definition) is 1. The predicted molar refractivity (Wildman–Crippen MR) is 82.4 cm³/mol. The molecule has 2 aromatic rings. The van der Waals surface area contributed by atoms with Gasteiger partial charge in [0.2, 0.25) is 0 Å². The van der Waals surface area contributed by atoms with Crippen molar-refractivity contribution in [1.82, 2.24) is 4.98 Å². The maximum Gasteiger partial charge on any atom is 0.339 e. The lowest BCUT2D eigenvalue weighted by Gasteiger charge is -2.07. The average Bonchev–Trinajstić information content (AvgIpc) is 2.50. The second kappa shape index (κ2) is 6.49. The summed E-state index contributed by atoms with van der Waals surface area (Å²) in [6.45, 7) is 1.96. The number of carbonyl (C=O) groups excluding carboxylic acids is 2. The summed E-state index contributed by atoms with van der Waals surface area (Å²) in [6.07, 6.45) is 1.31. The summed E-state index contributed by atoms with van der Waals surface area (Å²) in [5.74, 6) is -0.834. The molecule has 0 saturated carbocycles. The number of halogens is 1. The number of aromatic nitrogens is 1. The van der Waals surface area contributed by atoms with Crippen molar-refractivity contribution in [2.24, 2.45) is 0 Å². The van der Waals surface area contributed by atoms with Crippen molar-refractivity contribution in [1.29, 1.82) is 0 Å². The molecule has 0 aliphatic heterocycles. The highest BCUT2D eigenvalue weighted by Crippen LogP contribution is 2.21. The first-order valence-electron chi connectivity index (χ1n) is 6.13. The van der Waals surface area contributed by atoms with Crippen molar-refractivity contribution < 1.29 is 14.3 Å². The molecule has 0 atom stereocenters. The van der Waals surface area contributed by atoms with E-state index in [2.05, 4.69) is 31.0 Å². The van der Waals surface area contributed by atoms with E-state index < -0.39 is 5.97 Å². The minimum Gasteiger partial charge on any atom is -0.465 e. The molecule has 1 N–H and O–H groups in total. The van der Waals surface area contributed by atoms with E-state index in [4.69, 9.17) is 0 Å². The number of nitrogens with one attached hydrogen (secondary N) is 1. The molecule has 0 bridgehead atoms. The molecule has 0 fully saturated rings. The third-order valence-corrected chi connectivity index (χ3v) is 3.70. The molecular weight excluding hydrogens is 336 g/mol. The highest BCUT2D eigenvalue weighted by atomic mass is 79.9.